The lowest BCUT2D eigenvalue weighted by Gasteiger charge is -2.27. The lowest BCUT2D eigenvalue weighted by molar-refractivity contribution is 0.0419. The number of aliphatic hydroxyl groups excluding tert-OH is 1. The molecule has 2 fully saturated rings. The van der Waals surface area contributed by atoms with Gasteiger partial charge in [0.05, 0.1) is 24.0 Å². The molecule has 0 radical (unpaired) electrons. The Morgan fingerprint density at radius 2 is 1.97 bits per heavy atom. The maximum absolute atomic E-state index is 10.3. The molecule has 1 aromatic carbocycles. The molecule has 30 heavy (non-hydrogen) atoms. The summed E-state index contributed by atoms with van der Waals surface area (Å²) in [6.45, 7) is 3.56. The van der Waals surface area contributed by atoms with Crippen molar-refractivity contribution in [1.29, 1.82) is 0 Å². The fourth-order valence-corrected chi connectivity index (χ4v) is 4.96. The van der Waals surface area contributed by atoms with Gasteiger partial charge in [0.1, 0.15) is 5.75 Å². The summed E-state index contributed by atoms with van der Waals surface area (Å²) in [5.41, 5.74) is 2.98. The molecule has 1 saturated carbocycles. The van der Waals surface area contributed by atoms with E-state index < -0.39 is 0 Å². The molecular weight excluding hydrogens is 378 g/mol. The number of aliphatic hydroxyl groups is 1. The molecule has 6 heteroatoms. The van der Waals surface area contributed by atoms with E-state index in [-0.39, 0.29) is 12.0 Å². The number of aromatic nitrogens is 1. The van der Waals surface area contributed by atoms with E-state index in [2.05, 4.69) is 41.6 Å². The summed E-state index contributed by atoms with van der Waals surface area (Å²) in [7, 11) is 4.11. The molecular formula is C24H37N3O3. The highest BCUT2D eigenvalue weighted by Crippen LogP contribution is 2.33. The Kier molecular flexibility index (Phi) is 7.28. The van der Waals surface area contributed by atoms with Gasteiger partial charge in [-0.15, -0.1) is 0 Å². The molecule has 2 N–H and O–H groups in total. The summed E-state index contributed by atoms with van der Waals surface area (Å²) in [6, 6.07) is 4.18. The van der Waals surface area contributed by atoms with Gasteiger partial charge in [0.15, 0.2) is 5.58 Å². The van der Waals surface area contributed by atoms with Crippen molar-refractivity contribution in [2.24, 2.45) is 11.8 Å². The predicted molar refractivity (Wildman–Crippen MR) is 119 cm³/mol. The smallest absolute Gasteiger partial charge is 0.175 e. The van der Waals surface area contributed by atoms with E-state index in [1.807, 2.05) is 0 Å². The number of nitrogens with zero attached hydrogens (tertiary/aromatic N) is 2. The van der Waals surface area contributed by atoms with Gasteiger partial charge in [-0.1, -0.05) is 18.0 Å². The number of aryl methyl sites for hydroxylation is 1. The molecule has 1 aliphatic carbocycles. The molecule has 1 aromatic heterocycles. The Morgan fingerprint density at radius 3 is 2.73 bits per heavy atom. The molecule has 0 spiro atoms. The Labute approximate surface area is 179 Å². The third kappa shape index (κ3) is 5.16. The fourth-order valence-electron chi connectivity index (χ4n) is 4.96. The SMILES string of the molecule is CN(C)Cc1c(OC[C@H]2CCCC[C@@H]2O)ccc2c(CCC3CCNCC3)noc12. The average molecular weight is 416 g/mol. The van der Waals surface area contributed by atoms with Crippen molar-refractivity contribution in [3.05, 3.63) is 23.4 Å². The molecule has 4 rings (SSSR count). The highest BCUT2D eigenvalue weighted by Gasteiger charge is 2.25. The number of hydrogen-bond acceptors (Lipinski definition) is 6. The average Bonchev–Trinajstić information content (AvgIpc) is 3.16. The summed E-state index contributed by atoms with van der Waals surface area (Å²) in [5, 5.41) is 19.3. The second-order valence-corrected chi connectivity index (χ2v) is 9.44. The third-order valence-corrected chi connectivity index (χ3v) is 6.82. The van der Waals surface area contributed by atoms with Crippen LogP contribution in [0.4, 0.5) is 0 Å². The van der Waals surface area contributed by atoms with E-state index in [0.29, 0.717) is 6.61 Å². The maximum Gasteiger partial charge on any atom is 0.175 e. The van der Waals surface area contributed by atoms with Crippen LogP contribution in [-0.4, -0.2) is 55.1 Å². The molecule has 6 nitrogen and oxygen atoms in total. The molecule has 166 valence electrons. The number of hydrogen-bond donors (Lipinski definition) is 2. The zero-order chi connectivity index (χ0) is 20.9. The van der Waals surface area contributed by atoms with E-state index in [1.54, 1.807) is 0 Å². The van der Waals surface area contributed by atoms with Crippen LogP contribution in [0.3, 0.4) is 0 Å². The van der Waals surface area contributed by atoms with E-state index in [1.165, 1.54) is 25.7 Å². The van der Waals surface area contributed by atoms with E-state index in [0.717, 1.165) is 79.2 Å². The lowest BCUT2D eigenvalue weighted by atomic mass is 9.87. The monoisotopic (exact) mass is 415 g/mol. The molecule has 2 heterocycles. The van der Waals surface area contributed by atoms with Crippen LogP contribution in [0.15, 0.2) is 16.7 Å². The van der Waals surface area contributed by atoms with Crippen molar-refractivity contribution in [1.82, 2.24) is 15.4 Å². The number of ether oxygens (including phenoxy) is 1. The Morgan fingerprint density at radius 1 is 1.17 bits per heavy atom. The first kappa shape index (κ1) is 21.6. The zero-order valence-corrected chi connectivity index (χ0v) is 18.5. The van der Waals surface area contributed by atoms with Crippen LogP contribution in [0.1, 0.15) is 56.2 Å². The number of rotatable bonds is 8. The van der Waals surface area contributed by atoms with E-state index in [4.69, 9.17) is 9.26 Å². The van der Waals surface area contributed by atoms with Gasteiger partial charge in [0.2, 0.25) is 0 Å². The first-order valence-electron chi connectivity index (χ1n) is 11.7. The van der Waals surface area contributed by atoms with Gasteiger partial charge < -0.3 is 24.6 Å². The highest BCUT2D eigenvalue weighted by atomic mass is 16.5. The van der Waals surface area contributed by atoms with Crippen molar-refractivity contribution >= 4 is 11.0 Å². The van der Waals surface area contributed by atoms with Crippen molar-refractivity contribution in [3.8, 4) is 5.75 Å². The molecule has 2 aliphatic rings. The largest absolute Gasteiger partial charge is 0.493 e. The number of piperidine rings is 1. The van der Waals surface area contributed by atoms with Crippen LogP contribution in [-0.2, 0) is 13.0 Å². The highest BCUT2D eigenvalue weighted by molar-refractivity contribution is 5.84. The fraction of sp³-hybridized carbons (Fsp3) is 0.708. The zero-order valence-electron chi connectivity index (χ0n) is 18.5. The molecule has 2 atom stereocenters. The van der Waals surface area contributed by atoms with Gasteiger partial charge in [-0.2, -0.15) is 0 Å². The number of nitrogens with one attached hydrogen (secondary N) is 1. The van der Waals surface area contributed by atoms with Crippen molar-refractivity contribution in [2.75, 3.05) is 33.8 Å². The first-order valence-corrected chi connectivity index (χ1v) is 11.7. The van der Waals surface area contributed by atoms with Gasteiger partial charge in [-0.3, -0.25) is 0 Å². The van der Waals surface area contributed by atoms with Crippen molar-refractivity contribution < 1.29 is 14.4 Å². The molecule has 0 amide bonds. The van der Waals surface area contributed by atoms with Crippen LogP contribution >= 0.6 is 0 Å². The van der Waals surface area contributed by atoms with Crippen LogP contribution in [0.5, 0.6) is 5.75 Å². The van der Waals surface area contributed by atoms with Crippen LogP contribution < -0.4 is 10.1 Å². The Hall–Kier alpha value is -1.63. The minimum atomic E-state index is -0.244. The van der Waals surface area contributed by atoms with Gasteiger partial charge in [0.25, 0.3) is 0 Å². The van der Waals surface area contributed by atoms with Gasteiger partial charge in [-0.05, 0) is 83.8 Å². The summed E-state index contributed by atoms with van der Waals surface area (Å²) in [6.07, 6.45) is 8.63. The van der Waals surface area contributed by atoms with Gasteiger partial charge in [0, 0.05) is 17.8 Å². The maximum atomic E-state index is 10.3. The standard InChI is InChI=1S/C24H37N3O3/c1-27(2)15-20-23(29-16-18-5-3-4-6-22(18)28)10-8-19-21(26-30-24(19)20)9-7-17-11-13-25-14-12-17/h8,10,17-18,22,25,28H,3-7,9,11-16H2,1-2H3/t18-,22+/m1/s1. The Bertz CT molecular complexity index is 813. The quantitative estimate of drug-likeness (QED) is 0.684. The molecule has 1 saturated heterocycles. The molecule has 2 aromatic rings. The first-order chi connectivity index (χ1) is 14.6. The number of benzene rings is 1. The molecule has 1 aliphatic heterocycles. The second kappa shape index (κ2) is 10.1. The molecule has 0 bridgehead atoms. The summed E-state index contributed by atoms with van der Waals surface area (Å²) in [4.78, 5) is 2.13. The minimum Gasteiger partial charge on any atom is -0.493 e. The third-order valence-electron chi connectivity index (χ3n) is 6.82. The van der Waals surface area contributed by atoms with E-state index >= 15 is 0 Å². The topological polar surface area (TPSA) is 70.8 Å². The van der Waals surface area contributed by atoms with Crippen LogP contribution in [0.25, 0.3) is 11.0 Å². The minimum absolute atomic E-state index is 0.219. The Balaban J connectivity index is 1.50. The predicted octanol–water partition coefficient (Wildman–Crippen LogP) is 3.75. The van der Waals surface area contributed by atoms with Crippen LogP contribution in [0.2, 0.25) is 0 Å². The summed E-state index contributed by atoms with van der Waals surface area (Å²) in [5.74, 6) is 1.86. The second-order valence-electron chi connectivity index (χ2n) is 9.44. The van der Waals surface area contributed by atoms with Gasteiger partial charge in [-0.25, -0.2) is 0 Å². The normalized spacial score (nSPS) is 23.3. The van der Waals surface area contributed by atoms with E-state index in [9.17, 15) is 5.11 Å². The summed E-state index contributed by atoms with van der Waals surface area (Å²) < 4.78 is 12.1. The lowest BCUT2D eigenvalue weighted by Crippen LogP contribution is -2.29. The van der Waals surface area contributed by atoms with Crippen LogP contribution in [0, 0.1) is 11.8 Å². The summed E-state index contributed by atoms with van der Waals surface area (Å²) >= 11 is 0. The van der Waals surface area contributed by atoms with Gasteiger partial charge >= 0.3 is 0 Å². The number of fused-ring (bicyclic) bond motifs is 1. The van der Waals surface area contributed by atoms with Crippen molar-refractivity contribution in [2.45, 2.75) is 64.0 Å². The molecule has 0 unspecified atom stereocenters. The van der Waals surface area contributed by atoms with Crippen molar-refractivity contribution in [3.63, 3.8) is 0 Å².